The predicted octanol–water partition coefficient (Wildman–Crippen LogP) is 2.54. The molecular formula is C21H27N3O4S. The number of amides is 1. The first kappa shape index (κ1) is 21.4. The van der Waals surface area contributed by atoms with E-state index in [1.54, 1.807) is 43.3 Å². The average molecular weight is 418 g/mol. The van der Waals surface area contributed by atoms with Gasteiger partial charge in [-0.1, -0.05) is 19.9 Å². The van der Waals surface area contributed by atoms with Gasteiger partial charge in [0.15, 0.2) is 0 Å². The van der Waals surface area contributed by atoms with Gasteiger partial charge in [0.05, 0.1) is 17.6 Å². The van der Waals surface area contributed by atoms with Gasteiger partial charge in [-0.2, -0.15) is 4.31 Å². The van der Waals surface area contributed by atoms with Gasteiger partial charge < -0.3 is 9.64 Å². The Morgan fingerprint density at radius 3 is 2.55 bits per heavy atom. The minimum atomic E-state index is -3.52. The van der Waals surface area contributed by atoms with Crippen LogP contribution < -0.4 is 0 Å². The Morgan fingerprint density at radius 2 is 1.93 bits per heavy atom. The number of hydrogen-bond donors (Lipinski definition) is 0. The summed E-state index contributed by atoms with van der Waals surface area (Å²) in [5, 5.41) is 0. The van der Waals surface area contributed by atoms with Crippen molar-refractivity contribution in [3.8, 4) is 0 Å². The lowest BCUT2D eigenvalue weighted by molar-refractivity contribution is 0.0436. The van der Waals surface area contributed by atoms with Gasteiger partial charge in [-0.25, -0.2) is 8.42 Å². The van der Waals surface area contributed by atoms with Gasteiger partial charge in [-0.3, -0.25) is 9.78 Å². The van der Waals surface area contributed by atoms with Gasteiger partial charge in [-0.15, -0.1) is 0 Å². The Hall–Kier alpha value is -2.29. The van der Waals surface area contributed by atoms with Crippen molar-refractivity contribution in [2.75, 3.05) is 26.2 Å². The molecule has 0 N–H and O–H groups in total. The number of nitrogens with zero attached hydrogens (tertiary/aromatic N) is 3. The molecule has 8 heteroatoms. The highest BCUT2D eigenvalue weighted by molar-refractivity contribution is 7.89. The first-order valence-electron chi connectivity index (χ1n) is 9.85. The molecule has 0 saturated carbocycles. The van der Waals surface area contributed by atoms with Crippen LogP contribution in [0.5, 0.6) is 0 Å². The lowest BCUT2D eigenvalue weighted by Crippen LogP contribution is -2.31. The molecule has 0 bridgehead atoms. The first-order chi connectivity index (χ1) is 14.0. The lowest BCUT2D eigenvalue weighted by atomic mass is 10.2. The Labute approximate surface area is 172 Å². The summed E-state index contributed by atoms with van der Waals surface area (Å²) in [4.78, 5) is 18.8. The summed E-state index contributed by atoms with van der Waals surface area (Å²) in [5.74, 6) is -0.107. The van der Waals surface area contributed by atoms with E-state index in [1.165, 1.54) is 16.4 Å². The molecule has 1 aliphatic rings. The number of ether oxygens (including phenoxy) is 1. The lowest BCUT2D eigenvalue weighted by Gasteiger charge is -2.19. The fourth-order valence-electron chi connectivity index (χ4n) is 3.41. The predicted molar refractivity (Wildman–Crippen MR) is 110 cm³/mol. The van der Waals surface area contributed by atoms with Crippen molar-refractivity contribution in [3.05, 3.63) is 59.9 Å². The maximum absolute atomic E-state index is 12.8. The molecule has 29 heavy (non-hydrogen) atoms. The summed E-state index contributed by atoms with van der Waals surface area (Å²) in [6.07, 6.45) is 4.26. The monoisotopic (exact) mass is 417 g/mol. The van der Waals surface area contributed by atoms with E-state index in [-0.39, 0.29) is 16.9 Å². The number of carbonyl (C=O) groups excluding carboxylic acids is 1. The summed E-state index contributed by atoms with van der Waals surface area (Å²) in [7, 11) is -3.52. The molecule has 1 fully saturated rings. The summed E-state index contributed by atoms with van der Waals surface area (Å²) in [5.41, 5.74) is 1.48. The van der Waals surface area contributed by atoms with Gasteiger partial charge in [0, 0.05) is 44.1 Å². The van der Waals surface area contributed by atoms with E-state index in [9.17, 15) is 13.2 Å². The van der Waals surface area contributed by atoms with E-state index in [0.717, 1.165) is 12.0 Å². The minimum Gasteiger partial charge on any atom is -0.372 e. The summed E-state index contributed by atoms with van der Waals surface area (Å²) < 4.78 is 32.4. The first-order valence-corrected chi connectivity index (χ1v) is 11.3. The Kier molecular flexibility index (Phi) is 7.00. The summed E-state index contributed by atoms with van der Waals surface area (Å²) >= 11 is 0. The molecule has 0 unspecified atom stereocenters. The van der Waals surface area contributed by atoms with E-state index < -0.39 is 10.0 Å². The number of likely N-dealkylation sites (tertiary alicyclic amines) is 1. The van der Waals surface area contributed by atoms with Crippen LogP contribution in [0, 0.1) is 0 Å². The zero-order valence-corrected chi connectivity index (χ0v) is 17.6. The molecule has 2 heterocycles. The topological polar surface area (TPSA) is 79.8 Å². The third kappa shape index (κ3) is 5.01. The average Bonchev–Trinajstić information content (AvgIpc) is 3.22. The van der Waals surface area contributed by atoms with Crippen LogP contribution in [0.2, 0.25) is 0 Å². The van der Waals surface area contributed by atoms with Crippen LogP contribution in [0.3, 0.4) is 0 Å². The van der Waals surface area contributed by atoms with Crippen LogP contribution >= 0.6 is 0 Å². The molecule has 1 aromatic heterocycles. The Bertz CT molecular complexity index is 913. The summed E-state index contributed by atoms with van der Waals surface area (Å²) in [6.45, 7) is 6.05. The quantitative estimate of drug-likeness (QED) is 0.659. The van der Waals surface area contributed by atoms with E-state index in [1.807, 2.05) is 12.1 Å². The van der Waals surface area contributed by atoms with Crippen molar-refractivity contribution in [1.82, 2.24) is 14.2 Å². The van der Waals surface area contributed by atoms with Crippen molar-refractivity contribution in [2.45, 2.75) is 37.9 Å². The van der Waals surface area contributed by atoms with E-state index in [2.05, 4.69) is 4.98 Å². The molecule has 0 radical (unpaired) electrons. The third-order valence-corrected chi connectivity index (χ3v) is 7.15. The highest BCUT2D eigenvalue weighted by atomic mass is 32.2. The van der Waals surface area contributed by atoms with Crippen LogP contribution in [0.4, 0.5) is 0 Å². The molecule has 1 saturated heterocycles. The maximum Gasteiger partial charge on any atom is 0.253 e. The normalized spacial score (nSPS) is 17.1. The second-order valence-corrected chi connectivity index (χ2v) is 8.89. The number of hydrogen-bond acceptors (Lipinski definition) is 5. The molecule has 1 atom stereocenters. The van der Waals surface area contributed by atoms with Gasteiger partial charge >= 0.3 is 0 Å². The zero-order valence-electron chi connectivity index (χ0n) is 16.8. The van der Waals surface area contributed by atoms with Crippen molar-refractivity contribution in [1.29, 1.82) is 0 Å². The number of benzene rings is 1. The second kappa shape index (κ2) is 9.47. The molecule has 3 rings (SSSR count). The van der Waals surface area contributed by atoms with Crippen molar-refractivity contribution in [3.63, 3.8) is 0 Å². The van der Waals surface area contributed by atoms with Gasteiger partial charge in [0.25, 0.3) is 5.91 Å². The fourth-order valence-corrected chi connectivity index (χ4v) is 4.87. The molecule has 1 aliphatic heterocycles. The van der Waals surface area contributed by atoms with Crippen LogP contribution in [0.15, 0.2) is 53.7 Å². The van der Waals surface area contributed by atoms with Gasteiger partial charge in [0.2, 0.25) is 10.0 Å². The van der Waals surface area contributed by atoms with Crippen LogP contribution in [0.1, 0.15) is 36.2 Å². The number of carbonyl (C=O) groups is 1. The van der Waals surface area contributed by atoms with Crippen LogP contribution in [0.25, 0.3) is 0 Å². The van der Waals surface area contributed by atoms with Crippen LogP contribution in [-0.4, -0.2) is 60.8 Å². The number of pyridine rings is 1. The highest BCUT2D eigenvalue weighted by Crippen LogP contribution is 2.20. The third-order valence-electron chi connectivity index (χ3n) is 5.09. The number of sulfonamides is 1. The Balaban J connectivity index is 1.59. The molecule has 1 aromatic carbocycles. The molecule has 7 nitrogen and oxygen atoms in total. The van der Waals surface area contributed by atoms with Crippen molar-refractivity contribution in [2.24, 2.45) is 0 Å². The molecular weight excluding hydrogens is 390 g/mol. The molecule has 0 aliphatic carbocycles. The molecule has 1 amide bonds. The molecule has 2 aromatic rings. The largest absolute Gasteiger partial charge is 0.372 e. The van der Waals surface area contributed by atoms with E-state index in [4.69, 9.17) is 4.74 Å². The number of aromatic nitrogens is 1. The second-order valence-electron chi connectivity index (χ2n) is 6.95. The highest BCUT2D eigenvalue weighted by Gasteiger charge is 2.28. The van der Waals surface area contributed by atoms with E-state index in [0.29, 0.717) is 38.3 Å². The standard InChI is InChI=1S/C21H27N3O4S/c1-3-24(4-2)29(26,27)20-9-7-18(8-10-20)21(25)23-13-11-19(15-23)28-16-17-6-5-12-22-14-17/h5-10,12,14,19H,3-4,11,13,15-16H2,1-2H3/t19-/m0/s1. The fraction of sp³-hybridized carbons (Fsp3) is 0.429. The SMILES string of the molecule is CCN(CC)S(=O)(=O)c1ccc(C(=O)N2CC[C@H](OCc3cccnc3)C2)cc1. The zero-order chi connectivity index (χ0) is 20.9. The van der Waals surface area contributed by atoms with Gasteiger partial charge in [0.1, 0.15) is 0 Å². The number of rotatable bonds is 8. The van der Waals surface area contributed by atoms with Crippen LogP contribution in [-0.2, 0) is 21.4 Å². The molecule has 0 spiro atoms. The minimum absolute atomic E-state index is 0.0125. The van der Waals surface area contributed by atoms with E-state index >= 15 is 0 Å². The Morgan fingerprint density at radius 1 is 1.21 bits per heavy atom. The summed E-state index contributed by atoms with van der Waals surface area (Å²) in [6, 6.07) is 10.0. The molecule has 156 valence electrons. The maximum atomic E-state index is 12.8. The smallest absolute Gasteiger partial charge is 0.253 e. The van der Waals surface area contributed by atoms with Crippen molar-refractivity contribution < 1.29 is 17.9 Å². The van der Waals surface area contributed by atoms with Gasteiger partial charge in [-0.05, 0) is 42.3 Å². The van der Waals surface area contributed by atoms with Crippen molar-refractivity contribution >= 4 is 15.9 Å².